The molecule has 116 valence electrons. The van der Waals surface area contributed by atoms with Crippen LogP contribution in [0.5, 0.6) is 0 Å². The maximum absolute atomic E-state index is 4.81. The molecule has 2 saturated heterocycles. The number of hydrogen-bond acceptors (Lipinski definition) is 5. The van der Waals surface area contributed by atoms with Gasteiger partial charge in [-0.15, -0.1) is 0 Å². The van der Waals surface area contributed by atoms with E-state index in [2.05, 4.69) is 27.0 Å². The molecule has 2 fully saturated rings. The molecule has 0 bridgehead atoms. The monoisotopic (exact) mass is 289 g/mol. The maximum Gasteiger partial charge on any atom is 0.147 e. The molecule has 3 heterocycles. The van der Waals surface area contributed by atoms with Crippen molar-refractivity contribution < 1.29 is 0 Å². The van der Waals surface area contributed by atoms with Crippen LogP contribution >= 0.6 is 0 Å². The Kier molecular flexibility index (Phi) is 5.04. The first-order chi connectivity index (χ1) is 10.4. The second-order valence-corrected chi connectivity index (χ2v) is 6.18. The van der Waals surface area contributed by atoms with Gasteiger partial charge in [-0.2, -0.15) is 0 Å². The van der Waals surface area contributed by atoms with Crippen LogP contribution in [0.15, 0.2) is 12.4 Å². The first-order valence-corrected chi connectivity index (χ1v) is 8.37. The van der Waals surface area contributed by atoms with Gasteiger partial charge in [0.25, 0.3) is 0 Å². The molecule has 1 unspecified atom stereocenters. The summed E-state index contributed by atoms with van der Waals surface area (Å²) in [5, 5.41) is 3.40. The van der Waals surface area contributed by atoms with Crippen molar-refractivity contribution in [3.8, 4) is 0 Å². The van der Waals surface area contributed by atoms with Gasteiger partial charge in [0.2, 0.25) is 0 Å². The van der Waals surface area contributed by atoms with E-state index in [1.807, 2.05) is 12.4 Å². The minimum Gasteiger partial charge on any atom is -0.354 e. The Morgan fingerprint density at radius 1 is 1.24 bits per heavy atom. The molecule has 5 nitrogen and oxygen atoms in total. The van der Waals surface area contributed by atoms with Crippen LogP contribution in [0.25, 0.3) is 0 Å². The highest BCUT2D eigenvalue weighted by atomic mass is 15.3. The lowest BCUT2D eigenvalue weighted by molar-refractivity contribution is 0.273. The molecule has 3 rings (SSSR count). The number of nitrogens with zero attached hydrogens (tertiary/aromatic N) is 4. The van der Waals surface area contributed by atoms with Crippen LogP contribution in [0.1, 0.15) is 38.3 Å². The van der Waals surface area contributed by atoms with Gasteiger partial charge in [-0.1, -0.05) is 6.92 Å². The fourth-order valence-corrected chi connectivity index (χ4v) is 3.44. The molecule has 0 aromatic carbocycles. The molecular formula is C16H27N5. The molecule has 0 spiro atoms. The van der Waals surface area contributed by atoms with E-state index in [0.29, 0.717) is 0 Å². The summed E-state index contributed by atoms with van der Waals surface area (Å²) >= 11 is 0. The summed E-state index contributed by atoms with van der Waals surface area (Å²) in [6, 6.07) is 0.719. The maximum atomic E-state index is 4.81. The second-order valence-electron chi connectivity index (χ2n) is 6.18. The number of hydrogen-bond donors (Lipinski definition) is 1. The molecule has 1 N–H and O–H groups in total. The third-order valence-corrected chi connectivity index (χ3v) is 4.53. The molecule has 1 aromatic rings. The quantitative estimate of drug-likeness (QED) is 0.835. The fraction of sp³-hybridized carbons (Fsp3) is 0.750. The Bertz CT molecular complexity index is 450. The molecular weight excluding hydrogens is 262 g/mol. The minimum absolute atomic E-state index is 0.719. The number of aromatic nitrogens is 2. The van der Waals surface area contributed by atoms with Crippen LogP contribution < -0.4 is 10.2 Å². The van der Waals surface area contributed by atoms with Gasteiger partial charge in [0.05, 0.1) is 11.9 Å². The highest BCUT2D eigenvalue weighted by molar-refractivity contribution is 5.37. The zero-order valence-electron chi connectivity index (χ0n) is 13.1. The van der Waals surface area contributed by atoms with Crippen LogP contribution in [0, 0.1) is 0 Å². The Morgan fingerprint density at radius 2 is 2.14 bits per heavy atom. The van der Waals surface area contributed by atoms with Gasteiger partial charge in [-0.25, -0.2) is 4.98 Å². The van der Waals surface area contributed by atoms with E-state index in [9.17, 15) is 0 Å². The van der Waals surface area contributed by atoms with E-state index in [-0.39, 0.29) is 0 Å². The van der Waals surface area contributed by atoms with Gasteiger partial charge in [0, 0.05) is 38.4 Å². The van der Waals surface area contributed by atoms with Crippen LogP contribution in [-0.4, -0.2) is 53.6 Å². The second kappa shape index (κ2) is 7.18. The van der Waals surface area contributed by atoms with Crippen molar-refractivity contribution in [2.45, 2.75) is 45.2 Å². The van der Waals surface area contributed by atoms with Crippen LogP contribution in [-0.2, 0) is 6.54 Å². The Hall–Kier alpha value is -1.20. The largest absolute Gasteiger partial charge is 0.354 e. The first kappa shape index (κ1) is 14.7. The summed E-state index contributed by atoms with van der Waals surface area (Å²) in [5.41, 5.74) is 1.05. The predicted octanol–water partition coefficient (Wildman–Crippen LogP) is 1.65. The van der Waals surface area contributed by atoms with Crippen molar-refractivity contribution in [1.82, 2.24) is 20.2 Å². The number of fused-ring (bicyclic) bond motifs is 1. The third-order valence-electron chi connectivity index (χ3n) is 4.53. The molecule has 5 heteroatoms. The molecule has 0 amide bonds. The van der Waals surface area contributed by atoms with E-state index in [0.717, 1.165) is 50.2 Å². The van der Waals surface area contributed by atoms with Crippen LogP contribution in [0.3, 0.4) is 0 Å². The van der Waals surface area contributed by atoms with Gasteiger partial charge in [-0.05, 0) is 38.8 Å². The van der Waals surface area contributed by atoms with Crippen LogP contribution in [0.2, 0.25) is 0 Å². The summed E-state index contributed by atoms with van der Waals surface area (Å²) in [6.45, 7) is 8.77. The standard InChI is InChI=1S/C16H27N5/c1-2-6-17-10-14-11-18-12-16(19-14)21-9-4-8-20-7-3-5-15(20)13-21/h11-12,15,17H,2-10,13H2,1H3. The minimum atomic E-state index is 0.719. The van der Waals surface area contributed by atoms with Gasteiger partial charge < -0.3 is 10.2 Å². The average molecular weight is 289 g/mol. The summed E-state index contributed by atoms with van der Waals surface area (Å²) in [4.78, 5) is 14.3. The molecule has 1 aromatic heterocycles. The van der Waals surface area contributed by atoms with Gasteiger partial charge in [-0.3, -0.25) is 9.88 Å². The molecule has 0 radical (unpaired) electrons. The van der Waals surface area contributed by atoms with Crippen molar-refractivity contribution in [3.05, 3.63) is 18.1 Å². The van der Waals surface area contributed by atoms with Crippen molar-refractivity contribution in [2.24, 2.45) is 0 Å². The lowest BCUT2D eigenvalue weighted by Crippen LogP contribution is -2.37. The highest BCUT2D eigenvalue weighted by Gasteiger charge is 2.29. The fourth-order valence-electron chi connectivity index (χ4n) is 3.44. The van der Waals surface area contributed by atoms with Gasteiger partial charge in [0.15, 0.2) is 0 Å². The molecule has 2 aliphatic heterocycles. The van der Waals surface area contributed by atoms with Gasteiger partial charge in [0.1, 0.15) is 5.82 Å². The van der Waals surface area contributed by atoms with Crippen molar-refractivity contribution in [1.29, 1.82) is 0 Å². The summed E-state index contributed by atoms with van der Waals surface area (Å²) in [7, 11) is 0. The van der Waals surface area contributed by atoms with E-state index >= 15 is 0 Å². The highest BCUT2D eigenvalue weighted by Crippen LogP contribution is 2.23. The van der Waals surface area contributed by atoms with E-state index in [1.54, 1.807) is 0 Å². The lowest BCUT2D eigenvalue weighted by Gasteiger charge is -2.26. The van der Waals surface area contributed by atoms with Crippen molar-refractivity contribution >= 4 is 5.82 Å². The first-order valence-electron chi connectivity index (χ1n) is 8.37. The third kappa shape index (κ3) is 3.71. The van der Waals surface area contributed by atoms with E-state index < -0.39 is 0 Å². The number of anilines is 1. The molecule has 0 saturated carbocycles. The van der Waals surface area contributed by atoms with E-state index in [4.69, 9.17) is 4.98 Å². The smallest absolute Gasteiger partial charge is 0.147 e. The number of nitrogens with one attached hydrogen (secondary N) is 1. The van der Waals surface area contributed by atoms with Crippen LogP contribution in [0.4, 0.5) is 5.82 Å². The normalized spacial score (nSPS) is 23.1. The van der Waals surface area contributed by atoms with Crippen molar-refractivity contribution in [2.75, 3.05) is 37.6 Å². The molecule has 21 heavy (non-hydrogen) atoms. The lowest BCUT2D eigenvalue weighted by atomic mass is 10.2. The zero-order chi connectivity index (χ0) is 14.5. The number of rotatable bonds is 5. The summed E-state index contributed by atoms with van der Waals surface area (Å²) in [5.74, 6) is 1.06. The van der Waals surface area contributed by atoms with E-state index in [1.165, 1.54) is 32.4 Å². The summed E-state index contributed by atoms with van der Waals surface area (Å²) in [6.07, 6.45) is 8.87. The predicted molar refractivity (Wildman–Crippen MR) is 85.5 cm³/mol. The van der Waals surface area contributed by atoms with Crippen molar-refractivity contribution in [3.63, 3.8) is 0 Å². The Labute approximate surface area is 127 Å². The molecule has 1 atom stereocenters. The average Bonchev–Trinajstić information content (AvgIpc) is 2.85. The SMILES string of the molecule is CCCNCc1cncc(N2CCCN3CCCC3C2)n1. The zero-order valence-corrected chi connectivity index (χ0v) is 13.1. The molecule has 0 aliphatic carbocycles. The Morgan fingerprint density at radius 3 is 3.05 bits per heavy atom. The van der Waals surface area contributed by atoms with Gasteiger partial charge >= 0.3 is 0 Å². The summed E-state index contributed by atoms with van der Waals surface area (Å²) < 4.78 is 0. The molecule has 2 aliphatic rings. The topological polar surface area (TPSA) is 44.3 Å². The Balaban J connectivity index is 1.66.